The Morgan fingerprint density at radius 1 is 1.33 bits per heavy atom. The summed E-state index contributed by atoms with van der Waals surface area (Å²) in [5.74, 6) is -2.19. The van der Waals surface area contributed by atoms with E-state index in [2.05, 4.69) is 18.8 Å². The van der Waals surface area contributed by atoms with E-state index < -0.39 is 22.2 Å². The van der Waals surface area contributed by atoms with Crippen LogP contribution < -0.4 is 0 Å². The highest BCUT2D eigenvalue weighted by Crippen LogP contribution is 2.50. The summed E-state index contributed by atoms with van der Waals surface area (Å²) in [7, 11) is -1.66. The third kappa shape index (κ3) is 6.17. The molecule has 0 radical (unpaired) electrons. The zero-order chi connectivity index (χ0) is 22.7. The van der Waals surface area contributed by atoms with Crippen LogP contribution in [0.15, 0.2) is 17.6 Å². The predicted octanol–water partition coefficient (Wildman–Crippen LogP) is 2.66. The number of ether oxygens (including phenoxy) is 1. The summed E-state index contributed by atoms with van der Waals surface area (Å²) in [6.45, 7) is 6.33. The molecule has 0 atom stereocenters. The number of piperidine rings is 1. The average Bonchev–Trinajstić information content (AvgIpc) is 3.05. The van der Waals surface area contributed by atoms with E-state index in [1.54, 1.807) is 22.1 Å². The van der Waals surface area contributed by atoms with Crippen molar-refractivity contribution >= 4 is 16.0 Å². The van der Waals surface area contributed by atoms with E-state index in [1.807, 2.05) is 0 Å². The standard InChI is InChI=1S/C16H27N3O3S.C2HF3O2/c1-13(2)11-22-14-8-16(9-14)4-6-19(7-5-16)23(20,21)15-10-18(3)12-17-15;3-2(4,5)1(6)7/h10,12-14H,4-9,11H2,1-3H3;(H,6,7). The molecule has 1 aromatic rings. The fourth-order valence-corrected chi connectivity index (χ4v) is 5.02. The molecule has 1 spiro atoms. The Labute approximate surface area is 174 Å². The number of carboxylic acid groups (broad SMARTS) is 1. The summed E-state index contributed by atoms with van der Waals surface area (Å²) < 4.78 is 66.0. The first-order valence-corrected chi connectivity index (χ1v) is 11.1. The largest absolute Gasteiger partial charge is 0.490 e. The molecule has 1 saturated heterocycles. The lowest BCUT2D eigenvalue weighted by molar-refractivity contribution is -0.192. The van der Waals surface area contributed by atoms with Crippen molar-refractivity contribution in [3.8, 4) is 0 Å². The van der Waals surface area contributed by atoms with Gasteiger partial charge in [0, 0.05) is 32.9 Å². The molecule has 1 N–H and O–H groups in total. The lowest BCUT2D eigenvalue weighted by Crippen LogP contribution is -2.51. The van der Waals surface area contributed by atoms with Crippen LogP contribution in [-0.4, -0.2) is 65.3 Å². The van der Waals surface area contributed by atoms with E-state index in [1.165, 1.54) is 6.33 Å². The van der Waals surface area contributed by atoms with E-state index in [4.69, 9.17) is 14.6 Å². The molecule has 0 unspecified atom stereocenters. The average molecular weight is 455 g/mol. The molecule has 2 aliphatic rings. The van der Waals surface area contributed by atoms with Crippen molar-refractivity contribution in [3.05, 3.63) is 12.5 Å². The fourth-order valence-electron chi connectivity index (χ4n) is 3.62. The van der Waals surface area contributed by atoms with Gasteiger partial charge in [-0.05, 0) is 37.0 Å². The number of carboxylic acids is 1. The summed E-state index contributed by atoms with van der Waals surface area (Å²) in [5.41, 5.74) is 0.303. The summed E-state index contributed by atoms with van der Waals surface area (Å²) in [6.07, 6.45) is 2.41. The summed E-state index contributed by atoms with van der Waals surface area (Å²) >= 11 is 0. The zero-order valence-corrected chi connectivity index (χ0v) is 18.0. The molecule has 1 saturated carbocycles. The Morgan fingerprint density at radius 3 is 2.27 bits per heavy atom. The number of rotatable bonds is 5. The van der Waals surface area contributed by atoms with Crippen molar-refractivity contribution < 1.29 is 36.2 Å². The van der Waals surface area contributed by atoms with E-state index in [0.717, 1.165) is 32.3 Å². The minimum absolute atomic E-state index is 0.155. The SMILES string of the molecule is CC(C)COC1CC2(CCN(S(=O)(=O)c3cn(C)cn3)CC2)C1.O=C(O)C(F)(F)F. The van der Waals surface area contributed by atoms with E-state index in [9.17, 15) is 21.6 Å². The van der Waals surface area contributed by atoms with Crippen molar-refractivity contribution in [2.75, 3.05) is 19.7 Å². The van der Waals surface area contributed by atoms with Gasteiger partial charge in [-0.3, -0.25) is 0 Å². The number of imidazole rings is 1. The number of aromatic nitrogens is 2. The summed E-state index contributed by atoms with van der Waals surface area (Å²) in [4.78, 5) is 12.9. The Hall–Kier alpha value is -1.66. The van der Waals surface area contributed by atoms with Crippen molar-refractivity contribution in [2.24, 2.45) is 18.4 Å². The monoisotopic (exact) mass is 455 g/mol. The van der Waals surface area contributed by atoms with Crippen LogP contribution in [0.5, 0.6) is 0 Å². The van der Waals surface area contributed by atoms with E-state index in [-0.39, 0.29) is 5.03 Å². The smallest absolute Gasteiger partial charge is 0.475 e. The Kier molecular flexibility index (Phi) is 7.57. The normalized spacial score (nSPS) is 20.0. The number of aryl methyl sites for hydroxylation is 1. The number of hydrogen-bond donors (Lipinski definition) is 1. The van der Waals surface area contributed by atoms with Gasteiger partial charge in [0.2, 0.25) is 0 Å². The van der Waals surface area contributed by atoms with Gasteiger partial charge >= 0.3 is 12.1 Å². The van der Waals surface area contributed by atoms with Crippen molar-refractivity contribution in [2.45, 2.75) is 56.8 Å². The molecule has 2 fully saturated rings. The topological polar surface area (TPSA) is 102 Å². The van der Waals surface area contributed by atoms with Crippen LogP contribution in [0.3, 0.4) is 0 Å². The molecule has 2 heterocycles. The predicted molar refractivity (Wildman–Crippen MR) is 101 cm³/mol. The molecule has 3 rings (SSSR count). The highest BCUT2D eigenvalue weighted by Gasteiger charge is 2.48. The minimum Gasteiger partial charge on any atom is -0.475 e. The molecule has 0 bridgehead atoms. The summed E-state index contributed by atoms with van der Waals surface area (Å²) in [5, 5.41) is 7.28. The molecule has 30 heavy (non-hydrogen) atoms. The molecular formula is C18H28F3N3O5S. The van der Waals surface area contributed by atoms with Gasteiger partial charge in [0.05, 0.1) is 12.4 Å². The Morgan fingerprint density at radius 2 is 1.87 bits per heavy atom. The zero-order valence-electron chi connectivity index (χ0n) is 17.2. The van der Waals surface area contributed by atoms with Crippen LogP contribution in [-0.2, 0) is 26.6 Å². The van der Waals surface area contributed by atoms with Crippen LogP contribution in [0, 0.1) is 11.3 Å². The van der Waals surface area contributed by atoms with Gasteiger partial charge in [-0.2, -0.15) is 17.5 Å². The van der Waals surface area contributed by atoms with Gasteiger partial charge in [-0.15, -0.1) is 0 Å². The van der Waals surface area contributed by atoms with E-state index >= 15 is 0 Å². The lowest BCUT2D eigenvalue weighted by Gasteiger charge is -2.51. The second-order valence-electron chi connectivity index (χ2n) is 8.34. The highest BCUT2D eigenvalue weighted by atomic mass is 32.2. The van der Waals surface area contributed by atoms with Crippen molar-refractivity contribution in [3.63, 3.8) is 0 Å². The van der Waals surface area contributed by atoms with Crippen molar-refractivity contribution in [1.29, 1.82) is 0 Å². The number of nitrogens with zero attached hydrogens (tertiary/aromatic N) is 3. The number of alkyl halides is 3. The summed E-state index contributed by atoms with van der Waals surface area (Å²) in [6, 6.07) is 0. The molecule has 1 aliphatic heterocycles. The second-order valence-corrected chi connectivity index (χ2v) is 10.2. The maximum Gasteiger partial charge on any atom is 0.490 e. The fraction of sp³-hybridized carbons (Fsp3) is 0.778. The van der Waals surface area contributed by atoms with Crippen molar-refractivity contribution in [1.82, 2.24) is 13.9 Å². The van der Waals surface area contributed by atoms with Crippen LogP contribution in [0.4, 0.5) is 13.2 Å². The van der Waals surface area contributed by atoms with Crippen LogP contribution in [0.2, 0.25) is 0 Å². The Bertz CT molecular complexity index is 822. The number of sulfonamides is 1. The van der Waals surface area contributed by atoms with Gasteiger partial charge < -0.3 is 14.4 Å². The molecule has 0 aromatic carbocycles. The van der Waals surface area contributed by atoms with Crippen LogP contribution in [0.25, 0.3) is 0 Å². The maximum absolute atomic E-state index is 12.6. The van der Waals surface area contributed by atoms with Crippen LogP contribution in [0.1, 0.15) is 39.5 Å². The molecule has 1 aromatic heterocycles. The first-order chi connectivity index (χ1) is 13.7. The van der Waals surface area contributed by atoms with Gasteiger partial charge in [0.25, 0.3) is 10.0 Å². The van der Waals surface area contributed by atoms with Gasteiger partial charge in [-0.25, -0.2) is 18.2 Å². The maximum atomic E-state index is 12.6. The van der Waals surface area contributed by atoms with Gasteiger partial charge in [-0.1, -0.05) is 13.8 Å². The number of aliphatic carboxylic acids is 1. The third-order valence-electron chi connectivity index (χ3n) is 5.30. The number of halogens is 3. The highest BCUT2D eigenvalue weighted by molar-refractivity contribution is 7.89. The molecular weight excluding hydrogens is 427 g/mol. The van der Waals surface area contributed by atoms with Gasteiger partial charge in [0.15, 0.2) is 5.03 Å². The number of carbonyl (C=O) groups is 1. The second kappa shape index (κ2) is 9.23. The minimum atomic E-state index is -5.08. The first-order valence-electron chi connectivity index (χ1n) is 9.65. The van der Waals surface area contributed by atoms with Gasteiger partial charge in [0.1, 0.15) is 0 Å². The quantitative estimate of drug-likeness (QED) is 0.733. The molecule has 8 nitrogen and oxygen atoms in total. The number of hydrogen-bond acceptors (Lipinski definition) is 5. The van der Waals surface area contributed by atoms with E-state index in [0.29, 0.717) is 30.5 Å². The molecule has 12 heteroatoms. The lowest BCUT2D eigenvalue weighted by atomic mass is 9.62. The molecule has 172 valence electrons. The molecule has 0 amide bonds. The molecule has 1 aliphatic carbocycles. The third-order valence-corrected chi connectivity index (χ3v) is 7.08. The van der Waals surface area contributed by atoms with Crippen LogP contribution >= 0.6 is 0 Å². The first kappa shape index (κ1) is 24.6. The Balaban J connectivity index is 0.000000396.